The number of likely N-dealkylation sites (tertiary alicyclic amines) is 1. The van der Waals surface area contributed by atoms with Crippen molar-refractivity contribution in [1.82, 2.24) is 15.5 Å². The highest BCUT2D eigenvalue weighted by Crippen LogP contribution is 2.20. The Bertz CT molecular complexity index is 340. The Hall–Kier alpha value is -1.10. The molecular formula is C15H29N3O2. The second-order valence-corrected chi connectivity index (χ2v) is 6.92. The van der Waals surface area contributed by atoms with Crippen molar-refractivity contribution in [2.24, 2.45) is 5.41 Å². The molecule has 2 N–H and O–H groups in total. The molecule has 0 unspecified atom stereocenters. The fourth-order valence-electron chi connectivity index (χ4n) is 2.28. The standard InChI is InChI=1S/C15H29N3O2/c1-11(2)16-10-13(19)17-12-6-8-18(9-7-12)14(20)15(3,4)5/h11-12,16H,6-10H2,1-5H3,(H,17,19). The van der Waals surface area contributed by atoms with Gasteiger partial charge in [0, 0.05) is 30.6 Å². The fourth-order valence-corrected chi connectivity index (χ4v) is 2.28. The van der Waals surface area contributed by atoms with Crippen LogP contribution in [0.2, 0.25) is 0 Å². The van der Waals surface area contributed by atoms with Crippen molar-refractivity contribution in [2.45, 2.75) is 59.5 Å². The molecule has 1 rings (SSSR count). The van der Waals surface area contributed by atoms with E-state index in [9.17, 15) is 9.59 Å². The molecule has 0 aromatic carbocycles. The highest BCUT2D eigenvalue weighted by Gasteiger charge is 2.30. The summed E-state index contributed by atoms with van der Waals surface area (Å²) in [6, 6.07) is 0.507. The Labute approximate surface area is 122 Å². The molecule has 1 aliphatic heterocycles. The summed E-state index contributed by atoms with van der Waals surface area (Å²) in [7, 11) is 0. The van der Waals surface area contributed by atoms with Crippen molar-refractivity contribution >= 4 is 11.8 Å². The van der Waals surface area contributed by atoms with E-state index in [2.05, 4.69) is 10.6 Å². The second-order valence-electron chi connectivity index (χ2n) is 6.92. The molecule has 5 heteroatoms. The Kier molecular flexibility index (Phi) is 5.99. The van der Waals surface area contributed by atoms with Crippen LogP contribution < -0.4 is 10.6 Å². The van der Waals surface area contributed by atoms with Gasteiger partial charge in [0.25, 0.3) is 0 Å². The maximum Gasteiger partial charge on any atom is 0.234 e. The second kappa shape index (κ2) is 7.07. The Balaban J connectivity index is 2.32. The Morgan fingerprint density at radius 2 is 1.75 bits per heavy atom. The molecule has 1 fully saturated rings. The smallest absolute Gasteiger partial charge is 0.234 e. The van der Waals surface area contributed by atoms with Crippen LogP contribution >= 0.6 is 0 Å². The first kappa shape index (κ1) is 17.0. The zero-order valence-electron chi connectivity index (χ0n) is 13.5. The summed E-state index contributed by atoms with van der Waals surface area (Å²) in [5.74, 6) is 0.239. The number of hydrogen-bond donors (Lipinski definition) is 2. The van der Waals surface area contributed by atoms with Crippen LogP contribution in [-0.2, 0) is 9.59 Å². The number of rotatable bonds is 4. The SMILES string of the molecule is CC(C)NCC(=O)NC1CCN(C(=O)C(C)(C)C)CC1. The molecule has 0 radical (unpaired) electrons. The number of amides is 2. The predicted molar refractivity (Wildman–Crippen MR) is 80.3 cm³/mol. The maximum atomic E-state index is 12.2. The van der Waals surface area contributed by atoms with E-state index in [1.54, 1.807) is 0 Å². The maximum absolute atomic E-state index is 12.2. The third kappa shape index (κ3) is 5.49. The van der Waals surface area contributed by atoms with Crippen LogP contribution in [0.4, 0.5) is 0 Å². The summed E-state index contributed by atoms with van der Waals surface area (Å²) >= 11 is 0. The van der Waals surface area contributed by atoms with Gasteiger partial charge in [0.05, 0.1) is 6.54 Å². The minimum absolute atomic E-state index is 0.0410. The van der Waals surface area contributed by atoms with Gasteiger partial charge in [-0.05, 0) is 12.8 Å². The molecule has 0 atom stereocenters. The lowest BCUT2D eigenvalue weighted by Gasteiger charge is -2.36. The van der Waals surface area contributed by atoms with Crippen LogP contribution in [0.1, 0.15) is 47.5 Å². The molecule has 20 heavy (non-hydrogen) atoms. The van der Waals surface area contributed by atoms with Gasteiger partial charge in [0.15, 0.2) is 0 Å². The van der Waals surface area contributed by atoms with Crippen molar-refractivity contribution in [1.29, 1.82) is 0 Å². The van der Waals surface area contributed by atoms with E-state index in [1.165, 1.54) is 0 Å². The molecule has 0 aliphatic carbocycles. The summed E-state index contributed by atoms with van der Waals surface area (Å²) in [6.45, 7) is 11.7. The summed E-state index contributed by atoms with van der Waals surface area (Å²) in [6.07, 6.45) is 1.68. The van der Waals surface area contributed by atoms with Gasteiger partial charge >= 0.3 is 0 Å². The average Bonchev–Trinajstić information content (AvgIpc) is 2.35. The lowest BCUT2D eigenvalue weighted by molar-refractivity contribution is -0.140. The number of carbonyl (C=O) groups is 2. The first-order valence-electron chi connectivity index (χ1n) is 7.52. The topological polar surface area (TPSA) is 61.4 Å². The molecule has 0 aromatic rings. The van der Waals surface area contributed by atoms with Crippen LogP contribution in [0, 0.1) is 5.41 Å². The van der Waals surface area contributed by atoms with Gasteiger partial charge in [-0.3, -0.25) is 9.59 Å². The third-order valence-corrected chi connectivity index (χ3v) is 3.46. The molecule has 1 aliphatic rings. The Morgan fingerprint density at radius 3 is 2.20 bits per heavy atom. The molecular weight excluding hydrogens is 254 g/mol. The van der Waals surface area contributed by atoms with Gasteiger partial charge in [0.2, 0.25) is 11.8 Å². The van der Waals surface area contributed by atoms with E-state index >= 15 is 0 Å². The van der Waals surface area contributed by atoms with Gasteiger partial charge in [-0.1, -0.05) is 34.6 Å². The van der Waals surface area contributed by atoms with Gasteiger partial charge in [-0.25, -0.2) is 0 Å². The van der Waals surface area contributed by atoms with Crippen molar-refractivity contribution in [2.75, 3.05) is 19.6 Å². The zero-order valence-corrected chi connectivity index (χ0v) is 13.5. The minimum Gasteiger partial charge on any atom is -0.352 e. The van der Waals surface area contributed by atoms with Crippen LogP contribution in [0.5, 0.6) is 0 Å². The molecule has 0 saturated carbocycles. The lowest BCUT2D eigenvalue weighted by Crippen LogP contribution is -2.50. The lowest BCUT2D eigenvalue weighted by atomic mass is 9.93. The average molecular weight is 283 g/mol. The van der Waals surface area contributed by atoms with Crippen molar-refractivity contribution in [3.05, 3.63) is 0 Å². The van der Waals surface area contributed by atoms with Crippen LogP contribution in [-0.4, -0.2) is 48.4 Å². The molecule has 0 bridgehead atoms. The van der Waals surface area contributed by atoms with Crippen LogP contribution in [0.3, 0.4) is 0 Å². The van der Waals surface area contributed by atoms with Crippen LogP contribution in [0.15, 0.2) is 0 Å². The summed E-state index contributed by atoms with van der Waals surface area (Å²) < 4.78 is 0. The molecule has 1 heterocycles. The van der Waals surface area contributed by atoms with E-state index < -0.39 is 0 Å². The molecule has 0 spiro atoms. The summed E-state index contributed by atoms with van der Waals surface area (Å²) in [5, 5.41) is 6.14. The van der Waals surface area contributed by atoms with E-state index in [1.807, 2.05) is 39.5 Å². The van der Waals surface area contributed by atoms with Gasteiger partial charge in [0.1, 0.15) is 0 Å². The highest BCUT2D eigenvalue weighted by molar-refractivity contribution is 5.81. The first-order valence-corrected chi connectivity index (χ1v) is 7.52. The molecule has 2 amide bonds. The molecule has 1 saturated heterocycles. The van der Waals surface area contributed by atoms with E-state index in [0.717, 1.165) is 25.9 Å². The van der Waals surface area contributed by atoms with Crippen molar-refractivity contribution in [3.63, 3.8) is 0 Å². The quantitative estimate of drug-likeness (QED) is 0.813. The van der Waals surface area contributed by atoms with Gasteiger partial charge < -0.3 is 15.5 Å². The molecule has 116 valence electrons. The highest BCUT2D eigenvalue weighted by atomic mass is 16.2. The van der Waals surface area contributed by atoms with Gasteiger partial charge in [-0.2, -0.15) is 0 Å². The Morgan fingerprint density at radius 1 is 1.20 bits per heavy atom. The van der Waals surface area contributed by atoms with E-state index in [0.29, 0.717) is 12.6 Å². The molecule has 0 aromatic heterocycles. The third-order valence-electron chi connectivity index (χ3n) is 3.46. The number of nitrogens with zero attached hydrogens (tertiary/aromatic N) is 1. The largest absolute Gasteiger partial charge is 0.352 e. The predicted octanol–water partition coefficient (Wildman–Crippen LogP) is 1.14. The van der Waals surface area contributed by atoms with E-state index in [4.69, 9.17) is 0 Å². The number of nitrogens with one attached hydrogen (secondary N) is 2. The van der Waals surface area contributed by atoms with Crippen molar-refractivity contribution in [3.8, 4) is 0 Å². The van der Waals surface area contributed by atoms with Crippen molar-refractivity contribution < 1.29 is 9.59 Å². The van der Waals surface area contributed by atoms with E-state index in [-0.39, 0.29) is 23.3 Å². The number of carbonyl (C=O) groups excluding carboxylic acids is 2. The normalized spacial score (nSPS) is 17.4. The van der Waals surface area contributed by atoms with Crippen LogP contribution in [0.25, 0.3) is 0 Å². The number of piperidine rings is 1. The molecule has 5 nitrogen and oxygen atoms in total. The zero-order chi connectivity index (χ0) is 15.3. The summed E-state index contributed by atoms with van der Waals surface area (Å²) in [5.41, 5.74) is -0.322. The fraction of sp³-hybridized carbons (Fsp3) is 0.867. The monoisotopic (exact) mass is 283 g/mol. The number of hydrogen-bond acceptors (Lipinski definition) is 3. The first-order chi connectivity index (χ1) is 9.20. The van der Waals surface area contributed by atoms with Gasteiger partial charge in [-0.15, -0.1) is 0 Å². The minimum atomic E-state index is -0.322. The summed E-state index contributed by atoms with van der Waals surface area (Å²) in [4.78, 5) is 25.8.